The molecule has 124 valence electrons. The minimum atomic E-state index is 0.0125. The summed E-state index contributed by atoms with van der Waals surface area (Å²) in [6.07, 6.45) is 3.10. The Morgan fingerprint density at radius 1 is 1.22 bits per heavy atom. The summed E-state index contributed by atoms with van der Waals surface area (Å²) in [6, 6.07) is 7.23. The molecule has 0 saturated carbocycles. The Morgan fingerprint density at radius 3 is 2.52 bits per heavy atom. The highest BCUT2D eigenvalue weighted by atomic mass is 35.5. The van der Waals surface area contributed by atoms with Crippen molar-refractivity contribution in [3.63, 3.8) is 0 Å². The first-order valence-electron chi connectivity index (χ1n) is 8.27. The van der Waals surface area contributed by atoms with Gasteiger partial charge in [0.05, 0.1) is 18.8 Å². The molecule has 2 amide bonds. The van der Waals surface area contributed by atoms with Crippen LogP contribution in [0.25, 0.3) is 0 Å². The Labute approximate surface area is 140 Å². The molecule has 4 rings (SSSR count). The van der Waals surface area contributed by atoms with Crippen molar-refractivity contribution in [1.82, 2.24) is 10.2 Å². The van der Waals surface area contributed by atoms with Gasteiger partial charge in [-0.05, 0) is 37.1 Å². The highest BCUT2D eigenvalue weighted by Crippen LogP contribution is 2.47. The number of ether oxygens (including phenoxy) is 2. The summed E-state index contributed by atoms with van der Waals surface area (Å²) >= 11 is 5.83. The molecule has 3 heterocycles. The monoisotopic (exact) mass is 336 g/mol. The number of carbonyl (C=O) groups excluding carboxylic acids is 1. The van der Waals surface area contributed by atoms with Crippen LogP contribution in [0.5, 0.6) is 5.75 Å². The second-order valence-corrected chi connectivity index (χ2v) is 6.99. The van der Waals surface area contributed by atoms with Crippen molar-refractivity contribution in [2.45, 2.75) is 25.0 Å². The number of halogens is 1. The van der Waals surface area contributed by atoms with E-state index in [1.54, 1.807) is 12.1 Å². The van der Waals surface area contributed by atoms with Crippen LogP contribution in [0.1, 0.15) is 12.8 Å². The largest absolute Gasteiger partial charge is 0.492 e. The molecule has 1 aromatic carbocycles. The number of amides is 2. The Hall–Kier alpha value is -1.46. The maximum atomic E-state index is 12.3. The van der Waals surface area contributed by atoms with E-state index < -0.39 is 0 Å². The van der Waals surface area contributed by atoms with Gasteiger partial charge in [-0.3, -0.25) is 0 Å². The molecule has 3 saturated heterocycles. The Bertz CT molecular complexity index is 562. The van der Waals surface area contributed by atoms with Crippen molar-refractivity contribution >= 4 is 17.6 Å². The van der Waals surface area contributed by atoms with Crippen LogP contribution in [0.3, 0.4) is 0 Å². The quantitative estimate of drug-likeness (QED) is 0.860. The molecule has 1 N–H and O–H groups in total. The molecule has 0 spiro atoms. The van der Waals surface area contributed by atoms with Crippen molar-refractivity contribution in [3.8, 4) is 5.75 Å². The number of hydrogen-bond acceptors (Lipinski definition) is 3. The van der Waals surface area contributed by atoms with Crippen LogP contribution in [0.4, 0.5) is 4.79 Å². The van der Waals surface area contributed by atoms with Gasteiger partial charge in [0.25, 0.3) is 0 Å². The van der Waals surface area contributed by atoms with E-state index >= 15 is 0 Å². The van der Waals surface area contributed by atoms with Crippen molar-refractivity contribution in [2.24, 2.45) is 11.8 Å². The van der Waals surface area contributed by atoms with E-state index in [1.807, 2.05) is 17.0 Å². The number of fused-ring (bicyclic) bond motifs is 5. The summed E-state index contributed by atoms with van der Waals surface area (Å²) in [4.78, 5) is 14.2. The lowest BCUT2D eigenvalue weighted by atomic mass is 9.82. The average Bonchev–Trinajstić information content (AvgIpc) is 3.25. The van der Waals surface area contributed by atoms with E-state index in [2.05, 4.69) is 5.32 Å². The van der Waals surface area contributed by atoms with Crippen molar-refractivity contribution in [2.75, 3.05) is 26.2 Å². The average molecular weight is 337 g/mol. The number of nitrogens with one attached hydrogen (secondary N) is 1. The molecule has 4 atom stereocenters. The lowest BCUT2D eigenvalue weighted by Gasteiger charge is -2.19. The van der Waals surface area contributed by atoms with Gasteiger partial charge in [0, 0.05) is 29.9 Å². The van der Waals surface area contributed by atoms with E-state index in [4.69, 9.17) is 21.1 Å². The molecule has 0 radical (unpaired) electrons. The zero-order chi connectivity index (χ0) is 15.8. The first-order valence-corrected chi connectivity index (χ1v) is 8.65. The fourth-order valence-electron chi connectivity index (χ4n) is 4.10. The number of rotatable bonds is 4. The van der Waals surface area contributed by atoms with Gasteiger partial charge >= 0.3 is 6.03 Å². The normalized spacial score (nSPS) is 31.3. The predicted molar refractivity (Wildman–Crippen MR) is 86.8 cm³/mol. The van der Waals surface area contributed by atoms with E-state index in [-0.39, 0.29) is 6.03 Å². The fraction of sp³-hybridized carbons (Fsp3) is 0.588. The van der Waals surface area contributed by atoms with Gasteiger partial charge in [0.1, 0.15) is 12.4 Å². The number of urea groups is 1. The zero-order valence-corrected chi connectivity index (χ0v) is 13.7. The highest BCUT2D eigenvalue weighted by Gasteiger charge is 2.53. The van der Waals surface area contributed by atoms with Crippen molar-refractivity contribution in [1.29, 1.82) is 0 Å². The second-order valence-electron chi connectivity index (χ2n) is 6.56. The van der Waals surface area contributed by atoms with Crippen molar-refractivity contribution < 1.29 is 14.3 Å². The molecular formula is C17H21ClN2O3. The van der Waals surface area contributed by atoms with Crippen LogP contribution in [0.15, 0.2) is 24.3 Å². The summed E-state index contributed by atoms with van der Waals surface area (Å²) < 4.78 is 11.5. The van der Waals surface area contributed by atoms with Gasteiger partial charge in [0.2, 0.25) is 0 Å². The maximum Gasteiger partial charge on any atom is 0.317 e. The molecule has 2 bridgehead atoms. The summed E-state index contributed by atoms with van der Waals surface area (Å²) in [6.45, 7) is 2.60. The number of nitrogens with zero attached hydrogens (tertiary/aromatic N) is 1. The molecule has 0 unspecified atom stereocenters. The molecule has 6 heteroatoms. The number of hydrogen-bond donors (Lipinski definition) is 1. The Balaban J connectivity index is 1.20. The van der Waals surface area contributed by atoms with Gasteiger partial charge < -0.3 is 19.7 Å². The molecule has 23 heavy (non-hydrogen) atoms. The van der Waals surface area contributed by atoms with Crippen LogP contribution in [0, 0.1) is 11.8 Å². The summed E-state index contributed by atoms with van der Waals surface area (Å²) in [5.41, 5.74) is 0. The topological polar surface area (TPSA) is 50.8 Å². The third kappa shape index (κ3) is 3.00. The van der Waals surface area contributed by atoms with E-state index in [0.717, 1.165) is 31.7 Å². The lowest BCUT2D eigenvalue weighted by Crippen LogP contribution is -2.41. The zero-order valence-electron chi connectivity index (χ0n) is 12.9. The first kappa shape index (κ1) is 15.1. The second kappa shape index (κ2) is 6.21. The van der Waals surface area contributed by atoms with Crippen molar-refractivity contribution in [3.05, 3.63) is 29.3 Å². The molecule has 1 aromatic rings. The SMILES string of the molecule is O=C(NCCOc1ccc(Cl)cc1)N1C[C@@H]2[C@@H](C1)[C@H]1CC[C@H]2O1. The van der Waals surface area contributed by atoms with Gasteiger partial charge in [0.15, 0.2) is 0 Å². The third-order valence-electron chi connectivity index (χ3n) is 5.20. The lowest BCUT2D eigenvalue weighted by molar-refractivity contribution is 0.0738. The number of benzene rings is 1. The highest BCUT2D eigenvalue weighted by molar-refractivity contribution is 6.30. The molecule has 5 nitrogen and oxygen atoms in total. The maximum absolute atomic E-state index is 12.3. The number of carbonyl (C=O) groups is 1. The van der Waals surface area contributed by atoms with Crippen LogP contribution in [-0.4, -0.2) is 49.4 Å². The minimum absolute atomic E-state index is 0.0125. The standard InChI is InChI=1S/C17H21ClN2O3/c18-11-1-3-12(4-2-11)22-8-7-19-17(21)20-9-13-14(10-20)16-6-5-15(13)23-16/h1-4,13-16H,5-10H2,(H,19,21)/t13-,14-,15-,16-/m1/s1. The minimum Gasteiger partial charge on any atom is -0.492 e. The van der Waals surface area contributed by atoms with E-state index in [9.17, 15) is 4.79 Å². The van der Waals surface area contributed by atoms with E-state index in [1.165, 1.54) is 0 Å². The molecule has 0 aromatic heterocycles. The van der Waals surface area contributed by atoms with Crippen LogP contribution < -0.4 is 10.1 Å². The van der Waals surface area contributed by atoms with Gasteiger partial charge in [-0.15, -0.1) is 0 Å². The molecular weight excluding hydrogens is 316 g/mol. The van der Waals surface area contributed by atoms with Gasteiger partial charge in [-0.25, -0.2) is 4.79 Å². The van der Waals surface area contributed by atoms with Gasteiger partial charge in [-0.1, -0.05) is 11.6 Å². The van der Waals surface area contributed by atoms with E-state index in [0.29, 0.717) is 42.2 Å². The van der Waals surface area contributed by atoms with Crippen LogP contribution >= 0.6 is 11.6 Å². The Kier molecular flexibility index (Phi) is 4.07. The summed E-state index contributed by atoms with van der Waals surface area (Å²) in [5.74, 6) is 1.85. The molecule has 0 aliphatic carbocycles. The summed E-state index contributed by atoms with van der Waals surface area (Å²) in [7, 11) is 0. The number of likely N-dealkylation sites (tertiary alicyclic amines) is 1. The Morgan fingerprint density at radius 2 is 1.87 bits per heavy atom. The fourth-order valence-corrected chi connectivity index (χ4v) is 4.22. The molecule has 3 fully saturated rings. The smallest absolute Gasteiger partial charge is 0.317 e. The molecule has 3 aliphatic rings. The third-order valence-corrected chi connectivity index (χ3v) is 5.45. The van der Waals surface area contributed by atoms with Crippen LogP contribution in [-0.2, 0) is 4.74 Å². The van der Waals surface area contributed by atoms with Crippen LogP contribution in [0.2, 0.25) is 5.02 Å². The predicted octanol–water partition coefficient (Wildman–Crippen LogP) is 2.54. The van der Waals surface area contributed by atoms with Gasteiger partial charge in [-0.2, -0.15) is 0 Å². The summed E-state index contributed by atoms with van der Waals surface area (Å²) in [5, 5.41) is 3.62. The first-order chi connectivity index (χ1) is 11.2. The molecule has 3 aliphatic heterocycles.